The molecule has 48 heavy (non-hydrogen) atoms. The van der Waals surface area contributed by atoms with E-state index in [1.165, 1.54) is 0 Å². The molecule has 1 fully saturated rings. The molecule has 23 heteroatoms. The lowest BCUT2D eigenvalue weighted by Gasteiger charge is -2.33. The molecule has 0 aliphatic carbocycles. The van der Waals surface area contributed by atoms with Crippen molar-refractivity contribution in [2.45, 2.75) is 68.2 Å². The summed E-state index contributed by atoms with van der Waals surface area (Å²) in [5.74, 6) is -6.65. The minimum Gasteiger partial charge on any atom is -0.394 e. The molecule has 1 saturated heterocycles. The SMILES string of the molecule is NCCC[C@H](N)CC(=O)NC1CNC(=O)C([C@H]2C[C@H](O)N=C(N)N2)NC(=O)/C(=C/NC(N)=O)NC(=O)C(CO)NC(=O)C(CO)NC1=O. The van der Waals surface area contributed by atoms with Gasteiger partial charge in [-0.2, -0.15) is 0 Å². The van der Waals surface area contributed by atoms with E-state index in [1.807, 2.05) is 5.32 Å². The normalized spacial score (nSPS) is 27.6. The van der Waals surface area contributed by atoms with E-state index in [1.54, 1.807) is 0 Å². The Bertz CT molecular complexity index is 1280. The summed E-state index contributed by atoms with van der Waals surface area (Å²) < 4.78 is 0. The Kier molecular flexibility index (Phi) is 15.4. The van der Waals surface area contributed by atoms with E-state index in [4.69, 9.17) is 22.9 Å². The van der Waals surface area contributed by atoms with Crippen molar-refractivity contribution in [1.82, 2.24) is 42.5 Å². The number of hydrogen-bond donors (Lipinski definition) is 15. The van der Waals surface area contributed by atoms with Crippen LogP contribution in [-0.4, -0.2) is 132 Å². The predicted molar refractivity (Wildman–Crippen MR) is 164 cm³/mol. The first-order valence-corrected chi connectivity index (χ1v) is 14.7. The third kappa shape index (κ3) is 12.3. The fourth-order valence-corrected chi connectivity index (χ4v) is 4.46. The molecule has 0 aromatic carbocycles. The monoisotopic (exact) mass is 685 g/mol. The number of amides is 8. The average Bonchev–Trinajstić information content (AvgIpc) is 3.02. The highest BCUT2D eigenvalue weighted by atomic mass is 16.3. The first kappa shape index (κ1) is 39.1. The quantitative estimate of drug-likeness (QED) is 0.0950. The molecular weight excluding hydrogens is 642 g/mol. The molecule has 0 aromatic rings. The highest BCUT2D eigenvalue weighted by Gasteiger charge is 2.37. The van der Waals surface area contributed by atoms with Crippen LogP contribution in [0.15, 0.2) is 16.9 Å². The summed E-state index contributed by atoms with van der Waals surface area (Å²) in [6.45, 7) is -2.36. The van der Waals surface area contributed by atoms with Crippen molar-refractivity contribution >= 4 is 47.4 Å². The molecule has 0 radical (unpaired) electrons. The van der Waals surface area contributed by atoms with Gasteiger partial charge in [0.1, 0.15) is 29.9 Å². The number of nitrogens with one attached hydrogen (secondary N) is 8. The topological polar surface area (TPSA) is 393 Å². The van der Waals surface area contributed by atoms with Gasteiger partial charge >= 0.3 is 6.03 Å². The summed E-state index contributed by atoms with van der Waals surface area (Å²) in [5, 5.41) is 47.9. The molecule has 0 saturated carbocycles. The number of aliphatic hydroxyl groups excluding tert-OH is 3. The van der Waals surface area contributed by atoms with E-state index in [0.29, 0.717) is 25.6 Å². The zero-order chi connectivity index (χ0) is 36.0. The maximum absolute atomic E-state index is 13.6. The van der Waals surface area contributed by atoms with Crippen molar-refractivity contribution in [2.24, 2.45) is 27.9 Å². The third-order valence-corrected chi connectivity index (χ3v) is 6.91. The number of carbonyl (C=O) groups is 7. The number of rotatable bonds is 10. The van der Waals surface area contributed by atoms with E-state index >= 15 is 0 Å². The van der Waals surface area contributed by atoms with Gasteiger partial charge in [-0.05, 0) is 19.4 Å². The van der Waals surface area contributed by atoms with E-state index in [0.717, 1.165) is 0 Å². The lowest BCUT2D eigenvalue weighted by Crippen LogP contribution is -2.64. The van der Waals surface area contributed by atoms with Crippen molar-refractivity contribution in [3.63, 3.8) is 0 Å². The number of guanidine groups is 1. The molecule has 2 heterocycles. The summed E-state index contributed by atoms with van der Waals surface area (Å²) in [4.78, 5) is 94.0. The predicted octanol–water partition coefficient (Wildman–Crippen LogP) is -8.88. The molecule has 0 spiro atoms. The first-order valence-electron chi connectivity index (χ1n) is 14.7. The molecule has 4 unspecified atom stereocenters. The largest absolute Gasteiger partial charge is 0.394 e. The van der Waals surface area contributed by atoms with Crippen LogP contribution < -0.4 is 65.5 Å². The molecule has 0 bridgehead atoms. The van der Waals surface area contributed by atoms with Gasteiger partial charge in [-0.15, -0.1) is 0 Å². The number of aliphatic imine (C=N–C) groups is 1. The number of hydrogen-bond acceptors (Lipinski definition) is 15. The van der Waals surface area contributed by atoms with Crippen LogP contribution >= 0.6 is 0 Å². The van der Waals surface area contributed by atoms with Gasteiger partial charge in [-0.1, -0.05) is 0 Å². The summed E-state index contributed by atoms with van der Waals surface area (Å²) in [5.41, 5.74) is 21.5. The van der Waals surface area contributed by atoms with Crippen LogP contribution in [0.1, 0.15) is 25.7 Å². The number of primary amides is 1. The van der Waals surface area contributed by atoms with Crippen LogP contribution in [0.3, 0.4) is 0 Å². The lowest BCUT2D eigenvalue weighted by molar-refractivity contribution is -0.135. The van der Waals surface area contributed by atoms with Gasteiger partial charge in [0.25, 0.3) is 5.91 Å². The average molecular weight is 686 g/mol. The molecule has 2 aliphatic heterocycles. The first-order chi connectivity index (χ1) is 22.7. The molecular formula is C25H43N13O10. The van der Waals surface area contributed by atoms with Gasteiger partial charge < -0.3 is 80.8 Å². The van der Waals surface area contributed by atoms with Crippen molar-refractivity contribution in [2.75, 3.05) is 26.3 Å². The Labute approximate surface area is 273 Å². The number of nitrogens with two attached hydrogens (primary N) is 4. The van der Waals surface area contributed by atoms with Gasteiger partial charge in [0.2, 0.25) is 29.5 Å². The van der Waals surface area contributed by atoms with Crippen LogP contribution in [0, 0.1) is 0 Å². The van der Waals surface area contributed by atoms with Crippen molar-refractivity contribution < 1.29 is 48.9 Å². The van der Waals surface area contributed by atoms with Gasteiger partial charge in [0.15, 0.2) is 12.2 Å². The van der Waals surface area contributed by atoms with E-state index in [2.05, 4.69) is 42.2 Å². The van der Waals surface area contributed by atoms with E-state index < -0.39 is 109 Å². The molecule has 0 aromatic heterocycles. The Balaban J connectivity index is 2.54. The number of urea groups is 1. The minimum atomic E-state index is -1.78. The number of nitrogens with zero attached hydrogens (tertiary/aromatic N) is 1. The van der Waals surface area contributed by atoms with Crippen LogP contribution in [0.5, 0.6) is 0 Å². The second kappa shape index (κ2) is 18.9. The summed E-state index contributed by atoms with van der Waals surface area (Å²) in [6.07, 6.45) is -0.339. The van der Waals surface area contributed by atoms with Gasteiger partial charge in [0.05, 0.1) is 19.3 Å². The van der Waals surface area contributed by atoms with E-state index in [9.17, 15) is 48.9 Å². The number of aliphatic hydroxyl groups is 3. The Morgan fingerprint density at radius 2 is 1.62 bits per heavy atom. The lowest BCUT2D eigenvalue weighted by atomic mass is 10.0. The molecule has 268 valence electrons. The van der Waals surface area contributed by atoms with Crippen LogP contribution in [0.25, 0.3) is 0 Å². The smallest absolute Gasteiger partial charge is 0.316 e. The summed E-state index contributed by atoms with van der Waals surface area (Å²) >= 11 is 0. The summed E-state index contributed by atoms with van der Waals surface area (Å²) in [6, 6.07) is -9.66. The zero-order valence-corrected chi connectivity index (χ0v) is 25.7. The van der Waals surface area contributed by atoms with E-state index in [-0.39, 0.29) is 18.8 Å². The standard InChI is InChI=1S/C25H43N13O10/c26-3-1-2-10(27)4-16(41)32-12-6-30-23(47)18(11-5-17(42)37-24(28)36-11)38-20(44)13(7-31-25(29)48)33-21(45)14(8-39)35-22(46)15(9-40)34-19(12)43/h7,10-12,14-15,17-18,39-40,42H,1-6,8-9,26-27H2,(H,30,47)(H,32,41)(H,33,45)(H,34,43)(H,35,46)(H,38,44)(H3,28,36,37)(H3,29,31,48)/b13-7-/t10-,11+,12?,14?,15?,17-,18?/m0/s1. The second-order valence-corrected chi connectivity index (χ2v) is 10.7. The van der Waals surface area contributed by atoms with Crippen molar-refractivity contribution in [3.05, 3.63) is 11.9 Å². The van der Waals surface area contributed by atoms with Crippen LogP contribution in [-0.2, 0) is 28.8 Å². The minimum absolute atomic E-state index is 0.245. The third-order valence-electron chi connectivity index (χ3n) is 6.91. The molecule has 19 N–H and O–H groups in total. The molecule has 23 nitrogen and oxygen atoms in total. The molecule has 2 rings (SSSR count). The Morgan fingerprint density at radius 1 is 0.979 bits per heavy atom. The van der Waals surface area contributed by atoms with Crippen molar-refractivity contribution in [3.8, 4) is 0 Å². The zero-order valence-electron chi connectivity index (χ0n) is 25.7. The molecule has 7 atom stereocenters. The Hall–Kier alpha value is -5.10. The maximum atomic E-state index is 13.6. The van der Waals surface area contributed by atoms with Crippen LogP contribution in [0.4, 0.5) is 4.79 Å². The number of carbonyl (C=O) groups excluding carboxylic acids is 7. The van der Waals surface area contributed by atoms with Gasteiger partial charge in [-0.3, -0.25) is 28.8 Å². The van der Waals surface area contributed by atoms with Gasteiger partial charge in [0, 0.05) is 31.6 Å². The summed E-state index contributed by atoms with van der Waals surface area (Å²) in [7, 11) is 0. The maximum Gasteiger partial charge on any atom is 0.316 e. The highest BCUT2D eigenvalue weighted by molar-refractivity contribution is 6.02. The molecule has 8 amide bonds. The highest BCUT2D eigenvalue weighted by Crippen LogP contribution is 2.11. The van der Waals surface area contributed by atoms with Crippen LogP contribution in [0.2, 0.25) is 0 Å². The molecule has 2 aliphatic rings. The Morgan fingerprint density at radius 3 is 2.23 bits per heavy atom. The fraction of sp³-hybridized carbons (Fsp3) is 0.600. The fourth-order valence-electron chi connectivity index (χ4n) is 4.46. The van der Waals surface area contributed by atoms with Gasteiger partial charge in [-0.25, -0.2) is 9.79 Å². The van der Waals surface area contributed by atoms with Crippen molar-refractivity contribution in [1.29, 1.82) is 0 Å². The second-order valence-electron chi connectivity index (χ2n) is 10.7.